The molecule has 0 spiro atoms. The first kappa shape index (κ1) is 21.8. The molecule has 9 nitrogen and oxygen atoms in total. The van der Waals surface area contributed by atoms with Gasteiger partial charge < -0.3 is 19.4 Å². The molecule has 0 aliphatic carbocycles. The molecule has 1 aromatic heterocycles. The van der Waals surface area contributed by atoms with Gasteiger partial charge in [-0.25, -0.2) is 9.59 Å². The lowest BCUT2D eigenvalue weighted by Gasteiger charge is -2.25. The van der Waals surface area contributed by atoms with E-state index in [9.17, 15) is 19.2 Å². The molecule has 0 saturated carbocycles. The average Bonchev–Trinajstić information content (AvgIpc) is 3.28. The van der Waals surface area contributed by atoms with Crippen LogP contribution in [0.15, 0.2) is 22.8 Å². The Morgan fingerprint density at radius 1 is 1.36 bits per heavy atom. The summed E-state index contributed by atoms with van der Waals surface area (Å²) in [6.07, 6.45) is 2.28. The second-order valence-electron chi connectivity index (χ2n) is 6.74. The van der Waals surface area contributed by atoms with Crippen molar-refractivity contribution < 1.29 is 28.3 Å². The number of nitrogens with one attached hydrogen (secondary N) is 2. The lowest BCUT2D eigenvalue weighted by molar-refractivity contribution is -0.156. The van der Waals surface area contributed by atoms with Crippen molar-refractivity contribution in [3.05, 3.63) is 24.2 Å². The van der Waals surface area contributed by atoms with Crippen LogP contribution in [0.2, 0.25) is 0 Å². The molecule has 4 amide bonds. The molecular formula is C18H25N3O6S. The van der Waals surface area contributed by atoms with E-state index < -0.39 is 35.9 Å². The first-order valence-electron chi connectivity index (χ1n) is 8.97. The molecule has 2 N–H and O–H groups in total. The molecule has 2 heterocycles. The number of hydrogen-bond donors (Lipinski definition) is 2. The van der Waals surface area contributed by atoms with E-state index in [0.717, 1.165) is 6.42 Å². The molecule has 28 heavy (non-hydrogen) atoms. The number of thioether (sulfide) groups is 1. The third kappa shape index (κ3) is 6.01. The van der Waals surface area contributed by atoms with Crippen LogP contribution >= 0.6 is 11.8 Å². The molecule has 1 saturated heterocycles. The van der Waals surface area contributed by atoms with E-state index in [4.69, 9.17) is 9.15 Å². The fourth-order valence-corrected chi connectivity index (χ4v) is 4.05. The number of urea groups is 1. The van der Waals surface area contributed by atoms with Crippen LogP contribution in [-0.4, -0.2) is 53.7 Å². The topological polar surface area (TPSA) is 118 Å². The molecule has 1 aliphatic heterocycles. The van der Waals surface area contributed by atoms with Gasteiger partial charge in [0.25, 0.3) is 5.91 Å². The predicted octanol–water partition coefficient (Wildman–Crippen LogP) is 1.66. The summed E-state index contributed by atoms with van der Waals surface area (Å²) in [5, 5.41) is 4.23. The molecular weight excluding hydrogens is 386 g/mol. The van der Waals surface area contributed by atoms with Gasteiger partial charge in [0.15, 0.2) is 6.61 Å². The lowest BCUT2D eigenvalue weighted by Crippen LogP contribution is -2.45. The van der Waals surface area contributed by atoms with Crippen molar-refractivity contribution in [2.24, 2.45) is 5.92 Å². The largest absolute Gasteiger partial charge is 0.466 e. The highest BCUT2D eigenvalue weighted by atomic mass is 32.2. The van der Waals surface area contributed by atoms with Gasteiger partial charge in [-0.3, -0.25) is 14.9 Å². The Morgan fingerprint density at radius 2 is 2.11 bits per heavy atom. The number of rotatable bonds is 7. The van der Waals surface area contributed by atoms with Crippen molar-refractivity contribution in [3.63, 3.8) is 0 Å². The average molecular weight is 411 g/mol. The van der Waals surface area contributed by atoms with E-state index in [0.29, 0.717) is 24.0 Å². The summed E-state index contributed by atoms with van der Waals surface area (Å²) < 4.78 is 10.3. The smallest absolute Gasteiger partial charge is 0.330 e. The fourth-order valence-electron chi connectivity index (χ4n) is 2.64. The van der Waals surface area contributed by atoms with E-state index in [1.165, 1.54) is 29.8 Å². The summed E-state index contributed by atoms with van der Waals surface area (Å²) in [5.74, 6) is -0.435. The Bertz CT molecular complexity index is 706. The third-order valence-electron chi connectivity index (χ3n) is 4.03. The van der Waals surface area contributed by atoms with Crippen molar-refractivity contribution in [1.82, 2.24) is 15.5 Å². The quantitative estimate of drug-likeness (QED) is 0.655. The SMILES string of the molecule is CC(=O)N1[C@H](C(=O)OCC(=O)NC(=O)NCCC(C)C)CS[C@H]1c1ccco1. The number of imide groups is 1. The Kier molecular flexibility index (Phi) is 7.91. The van der Waals surface area contributed by atoms with Gasteiger partial charge in [-0.15, -0.1) is 11.8 Å². The number of carbonyl (C=O) groups is 4. The number of hydrogen-bond acceptors (Lipinski definition) is 7. The van der Waals surface area contributed by atoms with Gasteiger partial charge >= 0.3 is 12.0 Å². The first-order chi connectivity index (χ1) is 13.3. The zero-order valence-corrected chi connectivity index (χ0v) is 16.9. The highest BCUT2D eigenvalue weighted by molar-refractivity contribution is 7.99. The summed E-state index contributed by atoms with van der Waals surface area (Å²) in [4.78, 5) is 49.2. The van der Waals surface area contributed by atoms with Gasteiger partial charge in [0.2, 0.25) is 5.91 Å². The Labute approximate surface area is 167 Å². The summed E-state index contributed by atoms with van der Waals surface area (Å²) in [6, 6.07) is 1.97. The van der Waals surface area contributed by atoms with Gasteiger partial charge in [-0.1, -0.05) is 13.8 Å². The van der Waals surface area contributed by atoms with Gasteiger partial charge in [0, 0.05) is 19.2 Å². The van der Waals surface area contributed by atoms with Gasteiger partial charge in [-0.05, 0) is 24.5 Å². The van der Waals surface area contributed by atoms with E-state index >= 15 is 0 Å². The number of carbonyl (C=O) groups excluding carboxylic acids is 4. The van der Waals surface area contributed by atoms with Crippen molar-refractivity contribution >= 4 is 35.6 Å². The Hall–Kier alpha value is -2.49. The van der Waals surface area contributed by atoms with Crippen molar-refractivity contribution in [2.75, 3.05) is 18.9 Å². The zero-order valence-electron chi connectivity index (χ0n) is 16.1. The molecule has 0 radical (unpaired) electrons. The van der Waals surface area contributed by atoms with Crippen LogP contribution in [0.5, 0.6) is 0 Å². The third-order valence-corrected chi connectivity index (χ3v) is 5.31. The Balaban J connectivity index is 1.82. The van der Waals surface area contributed by atoms with Crippen LogP contribution in [0, 0.1) is 5.92 Å². The molecule has 0 unspecified atom stereocenters. The summed E-state index contributed by atoms with van der Waals surface area (Å²) >= 11 is 1.38. The fraction of sp³-hybridized carbons (Fsp3) is 0.556. The molecule has 2 rings (SSSR count). The highest BCUT2D eigenvalue weighted by Gasteiger charge is 2.43. The second kappa shape index (κ2) is 10.2. The van der Waals surface area contributed by atoms with Crippen LogP contribution in [0.4, 0.5) is 4.79 Å². The molecule has 0 bridgehead atoms. The highest BCUT2D eigenvalue weighted by Crippen LogP contribution is 2.41. The summed E-state index contributed by atoms with van der Waals surface area (Å²) in [5.41, 5.74) is 0. The molecule has 1 aromatic rings. The number of furan rings is 1. The van der Waals surface area contributed by atoms with Gasteiger partial charge in [0.05, 0.1) is 6.26 Å². The van der Waals surface area contributed by atoms with Crippen LogP contribution in [0.1, 0.15) is 38.3 Å². The lowest BCUT2D eigenvalue weighted by atomic mass is 10.1. The normalized spacial score (nSPS) is 18.8. The molecule has 0 aromatic carbocycles. The van der Waals surface area contributed by atoms with E-state index in [-0.39, 0.29) is 5.91 Å². The maximum atomic E-state index is 12.4. The number of nitrogens with zero attached hydrogens (tertiary/aromatic N) is 1. The summed E-state index contributed by atoms with van der Waals surface area (Å²) in [6.45, 7) is 5.24. The predicted molar refractivity (Wildman–Crippen MR) is 102 cm³/mol. The minimum atomic E-state index is -0.828. The van der Waals surface area contributed by atoms with Crippen LogP contribution in [-0.2, 0) is 19.1 Å². The van der Waals surface area contributed by atoms with E-state index in [2.05, 4.69) is 10.6 Å². The number of ether oxygens (including phenoxy) is 1. The van der Waals surface area contributed by atoms with Crippen molar-refractivity contribution in [3.8, 4) is 0 Å². The van der Waals surface area contributed by atoms with Crippen molar-refractivity contribution in [1.29, 1.82) is 0 Å². The van der Waals surface area contributed by atoms with Crippen molar-refractivity contribution in [2.45, 2.75) is 38.6 Å². The maximum Gasteiger partial charge on any atom is 0.330 e. The second-order valence-corrected chi connectivity index (χ2v) is 7.85. The molecule has 1 fully saturated rings. The maximum absolute atomic E-state index is 12.4. The van der Waals surface area contributed by atoms with Gasteiger partial charge in [-0.2, -0.15) is 0 Å². The minimum Gasteiger partial charge on any atom is -0.466 e. The number of esters is 1. The molecule has 2 atom stereocenters. The molecule has 10 heteroatoms. The van der Waals surface area contributed by atoms with Crippen LogP contribution in [0.25, 0.3) is 0 Å². The van der Waals surface area contributed by atoms with E-state index in [1.54, 1.807) is 12.1 Å². The van der Waals surface area contributed by atoms with E-state index in [1.807, 2.05) is 13.8 Å². The Morgan fingerprint density at radius 3 is 2.71 bits per heavy atom. The van der Waals surface area contributed by atoms with Crippen LogP contribution < -0.4 is 10.6 Å². The van der Waals surface area contributed by atoms with Crippen LogP contribution in [0.3, 0.4) is 0 Å². The monoisotopic (exact) mass is 411 g/mol. The standard InChI is InChI=1S/C18H25N3O6S/c1-11(2)6-7-19-18(25)20-15(23)9-27-17(24)13-10-28-16(21(13)12(3)22)14-5-4-8-26-14/h4-5,8,11,13,16H,6-7,9-10H2,1-3H3,(H2,19,20,23,25)/t13-,16-/m0/s1. The molecule has 154 valence electrons. The first-order valence-corrected chi connectivity index (χ1v) is 10.0. The molecule has 1 aliphatic rings. The number of amides is 4. The minimum absolute atomic E-state index is 0.303. The van der Waals surface area contributed by atoms with Gasteiger partial charge in [0.1, 0.15) is 17.2 Å². The summed E-state index contributed by atoms with van der Waals surface area (Å²) in [7, 11) is 0. The zero-order chi connectivity index (χ0) is 20.7.